The van der Waals surface area contributed by atoms with E-state index in [4.69, 9.17) is 0 Å². The van der Waals surface area contributed by atoms with E-state index in [0.29, 0.717) is 30.9 Å². The highest BCUT2D eigenvalue weighted by Gasteiger charge is 2.29. The lowest BCUT2D eigenvalue weighted by Gasteiger charge is -2.32. The van der Waals surface area contributed by atoms with Crippen molar-refractivity contribution < 1.29 is 23.5 Å². The Morgan fingerprint density at radius 2 is 1.97 bits per heavy atom. The molecule has 1 aromatic heterocycles. The number of sulfone groups is 1. The standard InChI is InChI=1S/C22H30N4O6S/c1-33(30,31)20-11-9-18(10-12-20)21-13-14-23-25(21)22(17-6-3-2-4-7-17)16-19(24-27)8-5-15-32-26(28)29/h9-14,17,22,27H,2-8,15-16H2,1H3/b24-19+. The van der Waals surface area contributed by atoms with Gasteiger partial charge in [0.25, 0.3) is 5.09 Å². The third-order valence-corrected chi connectivity index (χ3v) is 7.28. The molecule has 2 aromatic rings. The van der Waals surface area contributed by atoms with Crippen LogP contribution < -0.4 is 0 Å². The fraction of sp³-hybridized carbons (Fsp3) is 0.545. The van der Waals surface area contributed by atoms with Gasteiger partial charge in [0.15, 0.2) is 9.84 Å². The second-order valence-corrected chi connectivity index (χ2v) is 10.5. The zero-order valence-corrected chi connectivity index (χ0v) is 19.5. The summed E-state index contributed by atoms with van der Waals surface area (Å²) in [5.41, 5.74) is 2.26. The van der Waals surface area contributed by atoms with Gasteiger partial charge >= 0.3 is 0 Å². The summed E-state index contributed by atoms with van der Waals surface area (Å²) in [6, 6.07) is 8.58. The maximum atomic E-state index is 11.8. The predicted octanol–water partition coefficient (Wildman–Crippen LogP) is 4.28. The van der Waals surface area contributed by atoms with Crippen molar-refractivity contribution in [2.45, 2.75) is 62.3 Å². The zero-order chi connectivity index (χ0) is 23.8. The van der Waals surface area contributed by atoms with Crippen LogP contribution in [0.1, 0.15) is 57.4 Å². The quantitative estimate of drug-likeness (QED) is 0.167. The molecule has 1 aliphatic rings. The van der Waals surface area contributed by atoms with E-state index in [2.05, 4.69) is 15.1 Å². The molecule has 1 fully saturated rings. The molecule has 0 amide bonds. The van der Waals surface area contributed by atoms with Crippen molar-refractivity contribution in [3.63, 3.8) is 0 Å². The molecule has 0 saturated heterocycles. The minimum absolute atomic E-state index is 0.0489. The topological polar surface area (TPSA) is 137 Å². The molecule has 0 spiro atoms. The van der Waals surface area contributed by atoms with Gasteiger partial charge in [-0.3, -0.25) is 4.68 Å². The van der Waals surface area contributed by atoms with E-state index >= 15 is 0 Å². The van der Waals surface area contributed by atoms with Gasteiger partial charge in [-0.2, -0.15) is 5.10 Å². The van der Waals surface area contributed by atoms with Crippen LogP contribution in [-0.4, -0.2) is 47.1 Å². The van der Waals surface area contributed by atoms with Crippen LogP contribution in [0.3, 0.4) is 0 Å². The van der Waals surface area contributed by atoms with Crippen molar-refractivity contribution in [3.05, 3.63) is 46.6 Å². The van der Waals surface area contributed by atoms with Crippen LogP contribution in [0.5, 0.6) is 0 Å². The molecule has 1 atom stereocenters. The molecule has 11 heteroatoms. The van der Waals surface area contributed by atoms with Crippen molar-refractivity contribution in [1.82, 2.24) is 9.78 Å². The minimum atomic E-state index is -3.29. The van der Waals surface area contributed by atoms with Crippen LogP contribution in [0.2, 0.25) is 0 Å². The fourth-order valence-corrected chi connectivity index (χ4v) is 5.13. The molecule has 180 valence electrons. The van der Waals surface area contributed by atoms with Crippen LogP contribution in [0, 0.1) is 16.0 Å². The van der Waals surface area contributed by atoms with Gasteiger partial charge in [0.1, 0.15) is 0 Å². The Balaban J connectivity index is 1.85. The van der Waals surface area contributed by atoms with Gasteiger partial charge in [0.05, 0.1) is 28.9 Å². The second-order valence-electron chi connectivity index (χ2n) is 8.45. The molecule has 1 heterocycles. The smallest absolute Gasteiger partial charge is 0.294 e. The number of aromatic nitrogens is 2. The SMILES string of the molecule is CS(=O)(=O)c1ccc(-c2ccnn2C(C/C(CCCO[N+](=O)[O-])=N/O)C2CCCCC2)cc1. The summed E-state index contributed by atoms with van der Waals surface area (Å²) < 4.78 is 25.6. The summed E-state index contributed by atoms with van der Waals surface area (Å²) in [5.74, 6) is 0.347. The Bertz CT molecular complexity index is 1060. The van der Waals surface area contributed by atoms with Gasteiger partial charge < -0.3 is 10.0 Å². The number of rotatable bonds is 11. The third kappa shape index (κ3) is 6.77. The Labute approximate surface area is 193 Å². The van der Waals surface area contributed by atoms with Gasteiger partial charge in [-0.15, -0.1) is 10.1 Å². The molecule has 33 heavy (non-hydrogen) atoms. The van der Waals surface area contributed by atoms with Crippen LogP contribution >= 0.6 is 0 Å². The minimum Gasteiger partial charge on any atom is -0.411 e. The first-order valence-corrected chi connectivity index (χ1v) is 13.0. The molecule has 1 aliphatic carbocycles. The van der Waals surface area contributed by atoms with Gasteiger partial charge in [-0.25, -0.2) is 8.42 Å². The van der Waals surface area contributed by atoms with Crippen molar-refractivity contribution in [1.29, 1.82) is 0 Å². The van der Waals surface area contributed by atoms with Crippen molar-refractivity contribution in [2.24, 2.45) is 11.1 Å². The van der Waals surface area contributed by atoms with Crippen LogP contribution in [0.25, 0.3) is 11.3 Å². The highest BCUT2D eigenvalue weighted by molar-refractivity contribution is 7.90. The van der Waals surface area contributed by atoms with Crippen molar-refractivity contribution >= 4 is 15.5 Å². The maximum Gasteiger partial charge on any atom is 0.294 e. The normalized spacial score (nSPS) is 16.5. The molecule has 0 aliphatic heterocycles. The summed E-state index contributed by atoms with van der Waals surface area (Å²) in [7, 11) is -3.29. The number of hydrogen-bond donors (Lipinski definition) is 1. The van der Waals surface area contributed by atoms with E-state index in [1.54, 1.807) is 30.5 Å². The van der Waals surface area contributed by atoms with E-state index in [0.717, 1.165) is 36.9 Å². The highest BCUT2D eigenvalue weighted by Crippen LogP contribution is 2.37. The van der Waals surface area contributed by atoms with Crippen LogP contribution in [0.15, 0.2) is 46.6 Å². The largest absolute Gasteiger partial charge is 0.411 e. The monoisotopic (exact) mass is 478 g/mol. The molecule has 1 saturated carbocycles. The number of benzene rings is 1. The first kappa shape index (κ1) is 24.7. The molecule has 1 N–H and O–H groups in total. The van der Waals surface area contributed by atoms with Gasteiger partial charge in [0, 0.05) is 18.9 Å². The number of hydrogen-bond acceptors (Lipinski definition) is 8. The third-order valence-electron chi connectivity index (χ3n) is 6.15. The lowest BCUT2D eigenvalue weighted by Crippen LogP contribution is -2.26. The summed E-state index contributed by atoms with van der Waals surface area (Å²) in [6.45, 7) is -0.0557. The molecule has 0 radical (unpaired) electrons. The molecule has 0 bridgehead atoms. The average molecular weight is 479 g/mol. The average Bonchev–Trinajstić information content (AvgIpc) is 3.28. The zero-order valence-electron chi connectivity index (χ0n) is 18.7. The number of oxime groups is 1. The molecular formula is C22H30N4O6S. The summed E-state index contributed by atoms with van der Waals surface area (Å²) >= 11 is 0. The first-order valence-electron chi connectivity index (χ1n) is 11.1. The summed E-state index contributed by atoms with van der Waals surface area (Å²) in [4.78, 5) is 15.0. The molecular weight excluding hydrogens is 448 g/mol. The Hall–Kier alpha value is -2.95. The van der Waals surface area contributed by atoms with E-state index in [9.17, 15) is 23.7 Å². The maximum absolute atomic E-state index is 11.8. The van der Waals surface area contributed by atoms with Crippen molar-refractivity contribution in [3.8, 4) is 11.3 Å². The summed E-state index contributed by atoms with van der Waals surface area (Å²) in [5, 5.41) is 27.2. The Morgan fingerprint density at radius 1 is 1.27 bits per heavy atom. The summed E-state index contributed by atoms with van der Waals surface area (Å²) in [6.07, 6.45) is 9.65. The van der Waals surface area contributed by atoms with Gasteiger partial charge in [0.2, 0.25) is 0 Å². The van der Waals surface area contributed by atoms with Gasteiger partial charge in [-0.05, 0) is 55.4 Å². The molecule has 10 nitrogen and oxygen atoms in total. The van der Waals surface area contributed by atoms with E-state index in [1.807, 2.05) is 10.7 Å². The van der Waals surface area contributed by atoms with Crippen molar-refractivity contribution in [2.75, 3.05) is 12.9 Å². The molecule has 1 unspecified atom stereocenters. The number of nitrogens with zero attached hydrogens (tertiary/aromatic N) is 4. The first-order chi connectivity index (χ1) is 15.8. The van der Waals surface area contributed by atoms with Crippen LogP contribution in [-0.2, 0) is 14.7 Å². The lowest BCUT2D eigenvalue weighted by atomic mass is 9.81. The second kappa shape index (κ2) is 11.3. The van der Waals surface area contributed by atoms with Crippen LogP contribution in [0.4, 0.5) is 0 Å². The molecule has 1 aromatic carbocycles. The Morgan fingerprint density at radius 3 is 2.58 bits per heavy atom. The highest BCUT2D eigenvalue weighted by atomic mass is 32.2. The van der Waals surface area contributed by atoms with E-state index in [-0.39, 0.29) is 17.5 Å². The van der Waals surface area contributed by atoms with E-state index < -0.39 is 14.9 Å². The van der Waals surface area contributed by atoms with Gasteiger partial charge in [-0.1, -0.05) is 36.6 Å². The van der Waals surface area contributed by atoms with E-state index in [1.165, 1.54) is 12.7 Å². The molecule has 3 rings (SSSR count). The lowest BCUT2D eigenvalue weighted by molar-refractivity contribution is -0.757. The predicted molar refractivity (Wildman–Crippen MR) is 122 cm³/mol. The fourth-order valence-electron chi connectivity index (χ4n) is 4.50. The Kier molecular flexibility index (Phi) is 8.43.